The average Bonchev–Trinajstić information content (AvgIpc) is 3.23. The number of allylic oxidation sites excluding steroid dienone is 14. The summed E-state index contributed by atoms with van der Waals surface area (Å²) >= 11 is 0. The summed E-state index contributed by atoms with van der Waals surface area (Å²) in [7, 11) is 0. The Kier molecular flexibility index (Phi) is 35.7. The molecule has 0 aromatic heterocycles. The summed E-state index contributed by atoms with van der Waals surface area (Å²) in [5, 5.41) is 40.1. The van der Waals surface area contributed by atoms with Crippen molar-refractivity contribution in [3.63, 3.8) is 0 Å². The van der Waals surface area contributed by atoms with Crippen LogP contribution in [-0.4, -0.2) is 89.0 Å². The lowest BCUT2D eigenvalue weighted by Crippen LogP contribution is -2.59. The molecule has 0 radical (unpaired) electrons. The number of unbranched alkanes of at least 4 members (excludes halogenated alkanes) is 11. The standard InChI is InChI=1S/C49H80O10/c1-3-5-7-9-11-13-15-17-19-21-23-25-27-29-31-33-35-37-44(51)56-40-42(41-57-49-48(55)47(54)46(53)43(39-50)59-49)58-45(52)38-36-34-32-30-28-26-24-22-20-18-16-14-12-10-8-6-4-2/h7,9,12-15,18-21,24-27,42-43,46-50,53-55H,3-6,8,10-11,16-17,22-23,28-41H2,1-2H3/b9-7+,14-12+,15-13+,20-18+,21-19+,26-24+,27-25+/t42-,43-,46+,47?,48?,49-/m0/s1. The lowest BCUT2D eigenvalue weighted by molar-refractivity contribution is -0.305. The van der Waals surface area contributed by atoms with Crippen LogP contribution in [0.1, 0.15) is 155 Å². The van der Waals surface area contributed by atoms with Gasteiger partial charge in [0.25, 0.3) is 0 Å². The molecule has 1 rings (SSSR count). The molecule has 0 spiro atoms. The van der Waals surface area contributed by atoms with Crippen LogP contribution in [0.4, 0.5) is 0 Å². The minimum absolute atomic E-state index is 0.192. The zero-order chi connectivity index (χ0) is 43.0. The Morgan fingerprint density at radius 2 is 0.983 bits per heavy atom. The first kappa shape index (κ1) is 53.9. The number of carbonyl (C=O) groups excluding carboxylic acids is 2. The van der Waals surface area contributed by atoms with E-state index in [2.05, 4.69) is 98.9 Å². The van der Waals surface area contributed by atoms with Gasteiger partial charge in [0, 0.05) is 12.8 Å². The molecule has 4 N–H and O–H groups in total. The molecule has 0 saturated carbocycles. The highest BCUT2D eigenvalue weighted by molar-refractivity contribution is 5.70. The van der Waals surface area contributed by atoms with Gasteiger partial charge in [-0.1, -0.05) is 137 Å². The topological polar surface area (TPSA) is 152 Å². The van der Waals surface area contributed by atoms with Crippen molar-refractivity contribution in [2.45, 2.75) is 192 Å². The average molecular weight is 829 g/mol. The Morgan fingerprint density at radius 3 is 1.49 bits per heavy atom. The van der Waals surface area contributed by atoms with Gasteiger partial charge in [-0.15, -0.1) is 0 Å². The molecular weight excluding hydrogens is 749 g/mol. The van der Waals surface area contributed by atoms with E-state index >= 15 is 0 Å². The van der Waals surface area contributed by atoms with E-state index in [9.17, 15) is 30.0 Å². The molecule has 336 valence electrons. The third-order valence-electron chi connectivity index (χ3n) is 9.73. The lowest BCUT2D eigenvalue weighted by Gasteiger charge is -2.39. The number of esters is 2. The van der Waals surface area contributed by atoms with Gasteiger partial charge < -0.3 is 39.4 Å². The minimum Gasteiger partial charge on any atom is -0.462 e. The van der Waals surface area contributed by atoms with Crippen molar-refractivity contribution >= 4 is 11.9 Å². The van der Waals surface area contributed by atoms with Crippen LogP contribution in [0.25, 0.3) is 0 Å². The third kappa shape index (κ3) is 30.5. The van der Waals surface area contributed by atoms with Crippen molar-refractivity contribution in [3.05, 3.63) is 85.1 Å². The number of ether oxygens (including phenoxy) is 4. The molecule has 10 nitrogen and oxygen atoms in total. The summed E-state index contributed by atoms with van der Waals surface area (Å²) in [4.78, 5) is 25.3. The molecule has 0 aromatic carbocycles. The van der Waals surface area contributed by atoms with Crippen molar-refractivity contribution in [1.82, 2.24) is 0 Å². The monoisotopic (exact) mass is 829 g/mol. The van der Waals surface area contributed by atoms with Crippen LogP contribution in [0.15, 0.2) is 85.1 Å². The maximum Gasteiger partial charge on any atom is 0.306 e. The second kappa shape index (κ2) is 39.0. The van der Waals surface area contributed by atoms with Gasteiger partial charge >= 0.3 is 11.9 Å². The van der Waals surface area contributed by atoms with Crippen molar-refractivity contribution in [2.75, 3.05) is 19.8 Å². The molecule has 1 saturated heterocycles. The first-order chi connectivity index (χ1) is 28.8. The molecule has 10 heteroatoms. The van der Waals surface area contributed by atoms with E-state index in [-0.39, 0.29) is 26.1 Å². The highest BCUT2D eigenvalue weighted by atomic mass is 16.7. The summed E-state index contributed by atoms with van der Waals surface area (Å²) in [6.07, 6.45) is 42.9. The number of hydrogen-bond acceptors (Lipinski definition) is 10. The van der Waals surface area contributed by atoms with Crippen molar-refractivity contribution in [3.8, 4) is 0 Å². The number of carbonyl (C=O) groups is 2. The number of aliphatic hydroxyl groups excluding tert-OH is 4. The van der Waals surface area contributed by atoms with Crippen molar-refractivity contribution < 1.29 is 49.0 Å². The fourth-order valence-corrected chi connectivity index (χ4v) is 6.13. The van der Waals surface area contributed by atoms with Gasteiger partial charge in [-0.25, -0.2) is 0 Å². The van der Waals surface area contributed by atoms with Crippen LogP contribution in [0, 0.1) is 0 Å². The normalized spacial score (nSPS) is 20.8. The number of hydrogen-bond donors (Lipinski definition) is 4. The highest BCUT2D eigenvalue weighted by Crippen LogP contribution is 2.22. The fourth-order valence-electron chi connectivity index (χ4n) is 6.13. The summed E-state index contributed by atoms with van der Waals surface area (Å²) < 4.78 is 22.1. The van der Waals surface area contributed by atoms with Gasteiger partial charge in [0.15, 0.2) is 12.4 Å². The molecule has 0 bridgehead atoms. The Bertz CT molecular complexity index is 1230. The summed E-state index contributed by atoms with van der Waals surface area (Å²) in [5.74, 6) is -0.877. The molecule has 6 atom stereocenters. The Labute approximate surface area is 356 Å². The van der Waals surface area contributed by atoms with E-state index < -0.39 is 55.4 Å². The zero-order valence-corrected chi connectivity index (χ0v) is 36.5. The maximum absolute atomic E-state index is 12.8. The quantitative estimate of drug-likeness (QED) is 0.0273. The molecule has 0 aromatic rings. The van der Waals surface area contributed by atoms with E-state index in [0.717, 1.165) is 83.5 Å². The van der Waals surface area contributed by atoms with E-state index in [1.165, 1.54) is 32.1 Å². The molecule has 2 unspecified atom stereocenters. The second-order valence-electron chi connectivity index (χ2n) is 15.1. The fraction of sp³-hybridized carbons (Fsp3) is 0.673. The number of aliphatic hydroxyl groups is 4. The SMILES string of the molecule is CCC/C=C/C/C=C/C/C=C/C/C=C/CCCCCC(=O)OC[C@@H](CO[C@H]1O[C@@H](CO)[C@@H](O)C(O)C1O)OC(=O)CCCCCC/C=C/C/C=C/C/C=C/CCCCC. The molecule has 1 fully saturated rings. The summed E-state index contributed by atoms with van der Waals surface area (Å²) in [6.45, 7) is 3.25. The van der Waals surface area contributed by atoms with Gasteiger partial charge in [-0.2, -0.15) is 0 Å². The second-order valence-corrected chi connectivity index (χ2v) is 15.1. The predicted octanol–water partition coefficient (Wildman–Crippen LogP) is 9.77. The van der Waals surface area contributed by atoms with Gasteiger partial charge in [-0.05, 0) is 89.9 Å². The Morgan fingerprint density at radius 1 is 0.525 bits per heavy atom. The van der Waals surface area contributed by atoms with E-state index in [0.29, 0.717) is 12.8 Å². The van der Waals surface area contributed by atoms with Gasteiger partial charge in [0.05, 0.1) is 13.2 Å². The minimum atomic E-state index is -1.61. The molecule has 0 aliphatic carbocycles. The van der Waals surface area contributed by atoms with E-state index in [1.54, 1.807) is 0 Å². The molecular formula is C49H80O10. The van der Waals surface area contributed by atoms with Crippen LogP contribution < -0.4 is 0 Å². The Hall–Kier alpha value is -3.12. The summed E-state index contributed by atoms with van der Waals surface area (Å²) in [6, 6.07) is 0. The van der Waals surface area contributed by atoms with Crippen LogP contribution in [0.5, 0.6) is 0 Å². The zero-order valence-electron chi connectivity index (χ0n) is 36.5. The lowest BCUT2D eigenvalue weighted by atomic mass is 9.99. The van der Waals surface area contributed by atoms with Crippen molar-refractivity contribution in [1.29, 1.82) is 0 Å². The maximum atomic E-state index is 12.8. The Balaban J connectivity index is 2.39. The molecule has 59 heavy (non-hydrogen) atoms. The highest BCUT2D eigenvalue weighted by Gasteiger charge is 2.44. The van der Waals surface area contributed by atoms with Gasteiger partial charge in [0.1, 0.15) is 31.0 Å². The molecule has 1 aliphatic heterocycles. The van der Waals surface area contributed by atoms with Crippen molar-refractivity contribution in [2.24, 2.45) is 0 Å². The van der Waals surface area contributed by atoms with Crippen LogP contribution in [0.2, 0.25) is 0 Å². The molecule has 0 amide bonds. The molecule has 1 aliphatic rings. The van der Waals surface area contributed by atoms with Crippen LogP contribution in [0.3, 0.4) is 0 Å². The first-order valence-corrected chi connectivity index (χ1v) is 22.7. The van der Waals surface area contributed by atoms with E-state index in [1.807, 2.05) is 0 Å². The van der Waals surface area contributed by atoms with E-state index in [4.69, 9.17) is 18.9 Å². The number of rotatable bonds is 36. The van der Waals surface area contributed by atoms with Crippen LogP contribution >= 0.6 is 0 Å². The van der Waals surface area contributed by atoms with Crippen LogP contribution in [-0.2, 0) is 28.5 Å². The van der Waals surface area contributed by atoms with Gasteiger partial charge in [0.2, 0.25) is 0 Å². The third-order valence-corrected chi connectivity index (χ3v) is 9.73. The first-order valence-electron chi connectivity index (χ1n) is 22.7. The predicted molar refractivity (Wildman–Crippen MR) is 237 cm³/mol. The summed E-state index contributed by atoms with van der Waals surface area (Å²) in [5.41, 5.74) is 0. The van der Waals surface area contributed by atoms with Gasteiger partial charge in [-0.3, -0.25) is 9.59 Å². The molecule has 1 heterocycles. The largest absolute Gasteiger partial charge is 0.462 e. The smallest absolute Gasteiger partial charge is 0.306 e.